The molecule has 0 saturated carbocycles. The third-order valence-corrected chi connectivity index (χ3v) is 9.55. The van der Waals surface area contributed by atoms with E-state index < -0.39 is 16.1 Å². The predicted molar refractivity (Wildman–Crippen MR) is 163 cm³/mol. The Kier molecular flexibility index (Phi) is 7.89. The summed E-state index contributed by atoms with van der Waals surface area (Å²) in [6, 6.07) is 16.4. The van der Waals surface area contributed by atoms with Gasteiger partial charge in [-0.2, -0.15) is 4.31 Å². The lowest BCUT2D eigenvalue weighted by atomic mass is 9.95. The molecule has 42 heavy (non-hydrogen) atoms. The minimum atomic E-state index is -3.64. The predicted octanol–water partition coefficient (Wildman–Crippen LogP) is 4.06. The molecule has 0 radical (unpaired) electrons. The molecule has 2 aromatic heterocycles. The molecule has 9 nitrogen and oxygen atoms in total. The van der Waals surface area contributed by atoms with E-state index in [0.29, 0.717) is 23.8 Å². The molecule has 0 bridgehead atoms. The zero-order valence-electron chi connectivity index (χ0n) is 23.6. The summed E-state index contributed by atoms with van der Waals surface area (Å²) in [5, 5.41) is 3.67. The Morgan fingerprint density at radius 1 is 1.05 bits per heavy atom. The number of anilines is 1. The van der Waals surface area contributed by atoms with Crippen molar-refractivity contribution in [2.75, 3.05) is 31.2 Å². The Hall–Kier alpha value is -3.57. The van der Waals surface area contributed by atoms with E-state index in [1.165, 1.54) is 4.31 Å². The number of benzene rings is 2. The van der Waals surface area contributed by atoms with Crippen molar-refractivity contribution in [3.05, 3.63) is 112 Å². The second kappa shape index (κ2) is 11.6. The maximum atomic E-state index is 13.8. The number of nitrogens with one attached hydrogen (secondary N) is 1. The first kappa shape index (κ1) is 28.5. The minimum absolute atomic E-state index is 0.193. The second-order valence-corrected chi connectivity index (χ2v) is 13.4. The molecule has 2 atom stereocenters. The number of carbonyl (C=O) groups excluding carboxylic acids is 1. The number of carbonyl (C=O) groups is 1. The highest BCUT2D eigenvalue weighted by molar-refractivity contribution is 7.88. The summed E-state index contributed by atoms with van der Waals surface area (Å²) >= 11 is 6.38. The summed E-state index contributed by atoms with van der Waals surface area (Å²) in [4.78, 5) is 25.1. The molecule has 11 heteroatoms. The van der Waals surface area contributed by atoms with Crippen LogP contribution in [0, 0.1) is 6.92 Å². The number of aromatic nitrogens is 3. The molecule has 1 saturated heterocycles. The van der Waals surface area contributed by atoms with Gasteiger partial charge in [-0.1, -0.05) is 35.9 Å². The third-order valence-electron chi connectivity index (χ3n) is 8.03. The summed E-state index contributed by atoms with van der Waals surface area (Å²) in [5.74, 6) is -0.369. The highest BCUT2D eigenvalue weighted by Crippen LogP contribution is 2.38. The number of amides is 1. The lowest BCUT2D eigenvalue weighted by Gasteiger charge is -2.42. The Labute approximate surface area is 251 Å². The summed E-state index contributed by atoms with van der Waals surface area (Å²) in [5.41, 5.74) is 6.85. The molecule has 0 spiro atoms. The van der Waals surface area contributed by atoms with Gasteiger partial charge in [0.05, 0.1) is 30.0 Å². The molecule has 1 amide bonds. The van der Waals surface area contributed by atoms with Crippen LogP contribution in [0.1, 0.15) is 39.7 Å². The fourth-order valence-corrected chi connectivity index (χ4v) is 7.36. The summed E-state index contributed by atoms with van der Waals surface area (Å²) in [7, 11) is -3.64. The average Bonchev–Trinajstić information content (AvgIpc) is 3.29. The standard InChI is InChI=1S/C31H33ClN6O3S/c1-21-17-36(20-34-21)18-22-5-3-7-26(15-22)35-31(39)28-19-37(13-14-38(28)42(2,40)41)30-27-11-10-25(32)16-24(27)9-8-23-6-4-12-33-29(23)30/h3-7,10-12,15-17,20,28,30H,8-9,13-14,18-19H2,1-2H3,(H,35,39). The van der Waals surface area contributed by atoms with Gasteiger partial charge in [-0.15, -0.1) is 0 Å². The van der Waals surface area contributed by atoms with Crippen LogP contribution >= 0.6 is 11.6 Å². The Morgan fingerprint density at radius 2 is 1.88 bits per heavy atom. The Balaban J connectivity index is 1.30. The molecule has 2 aliphatic rings. The van der Waals surface area contributed by atoms with Crippen LogP contribution in [0.25, 0.3) is 0 Å². The number of hydrogen-bond donors (Lipinski definition) is 1. The quantitative estimate of drug-likeness (QED) is 0.356. The van der Waals surface area contributed by atoms with E-state index >= 15 is 0 Å². The van der Waals surface area contributed by atoms with E-state index in [9.17, 15) is 13.2 Å². The lowest BCUT2D eigenvalue weighted by Crippen LogP contribution is -2.59. The molecule has 2 aromatic carbocycles. The van der Waals surface area contributed by atoms with Crippen molar-refractivity contribution in [1.82, 2.24) is 23.7 Å². The van der Waals surface area contributed by atoms with Gasteiger partial charge in [0.15, 0.2) is 0 Å². The molecular weight excluding hydrogens is 572 g/mol. The average molecular weight is 605 g/mol. The van der Waals surface area contributed by atoms with Crippen molar-refractivity contribution >= 4 is 33.2 Å². The van der Waals surface area contributed by atoms with Gasteiger partial charge in [0, 0.05) is 49.3 Å². The number of aryl methyl sites for hydroxylation is 3. The number of fused-ring (bicyclic) bond motifs is 2. The first-order chi connectivity index (χ1) is 20.2. The van der Waals surface area contributed by atoms with Gasteiger partial charge in [0.25, 0.3) is 0 Å². The number of imidazole rings is 1. The van der Waals surface area contributed by atoms with Gasteiger partial charge in [-0.25, -0.2) is 13.4 Å². The van der Waals surface area contributed by atoms with E-state index in [1.54, 1.807) is 12.5 Å². The minimum Gasteiger partial charge on any atom is -0.333 e. The molecule has 6 rings (SSSR count). The maximum Gasteiger partial charge on any atom is 0.244 e. The second-order valence-electron chi connectivity index (χ2n) is 11.1. The van der Waals surface area contributed by atoms with Crippen molar-refractivity contribution in [3.63, 3.8) is 0 Å². The number of halogens is 1. The number of nitrogens with zero attached hydrogens (tertiary/aromatic N) is 5. The number of pyridine rings is 1. The maximum absolute atomic E-state index is 13.8. The molecule has 4 aromatic rings. The van der Waals surface area contributed by atoms with Crippen molar-refractivity contribution in [3.8, 4) is 0 Å². The first-order valence-corrected chi connectivity index (χ1v) is 16.2. The summed E-state index contributed by atoms with van der Waals surface area (Å²) in [6.45, 7) is 3.41. The summed E-state index contributed by atoms with van der Waals surface area (Å²) < 4.78 is 29.0. The highest BCUT2D eigenvalue weighted by Gasteiger charge is 2.41. The van der Waals surface area contributed by atoms with Crippen LogP contribution < -0.4 is 5.32 Å². The molecule has 1 aliphatic carbocycles. The van der Waals surface area contributed by atoms with Gasteiger partial charge >= 0.3 is 0 Å². The normalized spacial score (nSPS) is 19.5. The topological polar surface area (TPSA) is 100 Å². The molecule has 2 unspecified atom stereocenters. The SMILES string of the molecule is Cc1cn(Cc2cccc(NC(=O)C3CN(C4c5ccc(Cl)cc5CCc5cccnc54)CCN3S(C)(=O)=O)c2)cn1. The van der Waals surface area contributed by atoms with Crippen LogP contribution in [-0.2, 0) is 34.2 Å². The van der Waals surface area contributed by atoms with E-state index in [4.69, 9.17) is 16.6 Å². The summed E-state index contributed by atoms with van der Waals surface area (Å²) in [6.07, 6.45) is 8.34. The first-order valence-electron chi connectivity index (χ1n) is 14.0. The van der Waals surface area contributed by atoms with E-state index in [1.807, 2.05) is 66.2 Å². The molecular formula is C31H33ClN6O3S. The van der Waals surface area contributed by atoms with Crippen molar-refractivity contribution in [2.24, 2.45) is 0 Å². The van der Waals surface area contributed by atoms with Gasteiger partial charge in [-0.05, 0) is 72.4 Å². The van der Waals surface area contributed by atoms with Gasteiger partial charge in [-0.3, -0.25) is 14.7 Å². The van der Waals surface area contributed by atoms with Gasteiger partial charge in [0.2, 0.25) is 15.9 Å². The van der Waals surface area contributed by atoms with Crippen LogP contribution in [0.3, 0.4) is 0 Å². The molecule has 3 heterocycles. The van der Waals surface area contributed by atoms with E-state index in [-0.39, 0.29) is 25.0 Å². The molecule has 1 aliphatic heterocycles. The van der Waals surface area contributed by atoms with Crippen molar-refractivity contribution in [2.45, 2.75) is 38.4 Å². The van der Waals surface area contributed by atoms with E-state index in [2.05, 4.69) is 21.3 Å². The molecule has 1 N–H and O–H groups in total. The monoisotopic (exact) mass is 604 g/mol. The van der Waals surface area contributed by atoms with Crippen LogP contribution in [0.5, 0.6) is 0 Å². The smallest absolute Gasteiger partial charge is 0.244 e. The van der Waals surface area contributed by atoms with Crippen LogP contribution in [0.2, 0.25) is 5.02 Å². The Morgan fingerprint density at radius 3 is 2.67 bits per heavy atom. The molecule has 1 fully saturated rings. The largest absolute Gasteiger partial charge is 0.333 e. The van der Waals surface area contributed by atoms with Crippen molar-refractivity contribution < 1.29 is 13.2 Å². The zero-order valence-corrected chi connectivity index (χ0v) is 25.1. The van der Waals surface area contributed by atoms with Crippen LogP contribution in [0.4, 0.5) is 5.69 Å². The molecule has 218 valence electrons. The van der Waals surface area contributed by atoms with Gasteiger partial charge in [0.1, 0.15) is 6.04 Å². The number of sulfonamides is 1. The van der Waals surface area contributed by atoms with E-state index in [0.717, 1.165) is 52.7 Å². The number of rotatable bonds is 6. The fraction of sp³-hybridized carbons (Fsp3) is 0.323. The van der Waals surface area contributed by atoms with Crippen molar-refractivity contribution in [1.29, 1.82) is 0 Å². The third kappa shape index (κ3) is 5.98. The van der Waals surface area contributed by atoms with Crippen LogP contribution in [0.15, 0.2) is 73.3 Å². The van der Waals surface area contributed by atoms with Gasteiger partial charge < -0.3 is 9.88 Å². The highest BCUT2D eigenvalue weighted by atomic mass is 35.5. The zero-order chi connectivity index (χ0) is 29.4. The lowest BCUT2D eigenvalue weighted by molar-refractivity contribution is -0.121. The number of hydrogen-bond acceptors (Lipinski definition) is 6. The number of piperazine rings is 1. The fourth-order valence-electron chi connectivity index (χ4n) is 6.13. The van der Waals surface area contributed by atoms with Crippen LogP contribution in [-0.4, -0.2) is 70.0 Å². The Bertz CT molecular complexity index is 1740.